The first-order valence-corrected chi connectivity index (χ1v) is 5.42. The van der Waals surface area contributed by atoms with Crippen LogP contribution in [-0.4, -0.2) is 50.8 Å². The molecule has 0 aromatic heterocycles. The highest BCUT2D eigenvalue weighted by Crippen LogP contribution is 2.17. The Morgan fingerprint density at radius 2 is 2.29 bits per heavy atom. The van der Waals surface area contributed by atoms with Crippen molar-refractivity contribution in [1.29, 1.82) is 0 Å². The first-order chi connectivity index (χ1) is 6.90. The smallest absolute Gasteiger partial charge is 0.194 e. The molecule has 4 nitrogen and oxygen atoms in total. The normalized spacial score (nSPS) is 23.5. The van der Waals surface area contributed by atoms with E-state index in [1.165, 1.54) is 12.8 Å². The third kappa shape index (κ3) is 2.18. The second-order valence-electron chi connectivity index (χ2n) is 4.02. The second-order valence-corrected chi connectivity index (χ2v) is 4.02. The fourth-order valence-corrected chi connectivity index (χ4v) is 2.14. The molecule has 2 aliphatic rings. The van der Waals surface area contributed by atoms with Gasteiger partial charge in [0.15, 0.2) is 5.96 Å². The molecule has 0 aliphatic carbocycles. The van der Waals surface area contributed by atoms with Crippen LogP contribution in [0.3, 0.4) is 0 Å². The molecular weight excluding hydrogens is 178 g/mol. The number of rotatable bonds is 2. The molecule has 0 aromatic rings. The lowest BCUT2D eigenvalue weighted by Gasteiger charge is -2.32. The number of nitrogens with one attached hydrogen (secondary N) is 1. The fraction of sp³-hybridized carbons (Fsp3) is 0.900. The molecule has 14 heavy (non-hydrogen) atoms. The number of methoxy groups -OCH3 is 1. The Balaban J connectivity index is 1.78. The van der Waals surface area contributed by atoms with Crippen LogP contribution in [0.25, 0.3) is 0 Å². The fourth-order valence-electron chi connectivity index (χ4n) is 2.14. The van der Waals surface area contributed by atoms with Crippen molar-refractivity contribution in [3.63, 3.8) is 0 Å². The van der Waals surface area contributed by atoms with Gasteiger partial charge in [-0.3, -0.25) is 4.99 Å². The standard InChI is InChI=1S/C10H19N3O/c1-14-8-9-2-6-13(7-3-9)10-11-4-5-12-10/h9H,2-8H2,1H3,(H,11,12). The van der Waals surface area contributed by atoms with E-state index in [1.54, 1.807) is 7.11 Å². The molecule has 2 rings (SSSR count). The molecule has 1 N–H and O–H groups in total. The Labute approximate surface area is 85.3 Å². The van der Waals surface area contributed by atoms with E-state index in [-0.39, 0.29) is 0 Å². The molecule has 4 heteroatoms. The molecule has 0 amide bonds. The Bertz CT molecular complexity index is 209. The topological polar surface area (TPSA) is 36.9 Å². The van der Waals surface area contributed by atoms with E-state index < -0.39 is 0 Å². The van der Waals surface area contributed by atoms with E-state index in [4.69, 9.17) is 4.74 Å². The molecule has 0 saturated carbocycles. The number of likely N-dealkylation sites (tertiary alicyclic amines) is 1. The first-order valence-electron chi connectivity index (χ1n) is 5.42. The summed E-state index contributed by atoms with van der Waals surface area (Å²) in [5, 5.41) is 3.32. The van der Waals surface area contributed by atoms with E-state index in [0.717, 1.165) is 44.7 Å². The quantitative estimate of drug-likeness (QED) is 0.692. The molecule has 80 valence electrons. The highest BCUT2D eigenvalue weighted by molar-refractivity contribution is 5.81. The molecule has 2 heterocycles. The van der Waals surface area contributed by atoms with Crippen LogP contribution >= 0.6 is 0 Å². The summed E-state index contributed by atoms with van der Waals surface area (Å²) in [6.07, 6.45) is 2.46. The number of hydrogen-bond donors (Lipinski definition) is 1. The maximum Gasteiger partial charge on any atom is 0.194 e. The van der Waals surface area contributed by atoms with E-state index in [0.29, 0.717) is 0 Å². The number of nitrogens with zero attached hydrogens (tertiary/aromatic N) is 2. The van der Waals surface area contributed by atoms with E-state index >= 15 is 0 Å². The Morgan fingerprint density at radius 1 is 1.50 bits per heavy atom. The van der Waals surface area contributed by atoms with Crippen molar-refractivity contribution in [2.24, 2.45) is 10.9 Å². The van der Waals surface area contributed by atoms with Gasteiger partial charge in [0.05, 0.1) is 6.54 Å². The average Bonchev–Trinajstić information content (AvgIpc) is 2.72. The van der Waals surface area contributed by atoms with Gasteiger partial charge in [-0.05, 0) is 18.8 Å². The number of guanidine groups is 1. The summed E-state index contributed by atoms with van der Waals surface area (Å²) in [4.78, 5) is 6.79. The third-order valence-corrected chi connectivity index (χ3v) is 2.97. The van der Waals surface area contributed by atoms with E-state index in [1.807, 2.05) is 0 Å². The van der Waals surface area contributed by atoms with Crippen LogP contribution in [0.1, 0.15) is 12.8 Å². The Hall–Kier alpha value is -0.770. The molecule has 0 bridgehead atoms. The van der Waals surface area contributed by atoms with Crippen molar-refractivity contribution >= 4 is 5.96 Å². The summed E-state index contributed by atoms with van der Waals surface area (Å²) >= 11 is 0. The van der Waals surface area contributed by atoms with Gasteiger partial charge in [-0.15, -0.1) is 0 Å². The maximum absolute atomic E-state index is 5.18. The van der Waals surface area contributed by atoms with Gasteiger partial charge in [0.25, 0.3) is 0 Å². The SMILES string of the molecule is COCC1CCN(C2=NCCN2)CC1. The monoisotopic (exact) mass is 197 g/mol. The van der Waals surface area contributed by atoms with Gasteiger partial charge in [0, 0.05) is 33.4 Å². The molecule has 0 unspecified atom stereocenters. The number of hydrogen-bond acceptors (Lipinski definition) is 4. The molecule has 2 aliphatic heterocycles. The lowest BCUT2D eigenvalue weighted by Crippen LogP contribution is -2.44. The van der Waals surface area contributed by atoms with Gasteiger partial charge in [0.1, 0.15) is 0 Å². The van der Waals surface area contributed by atoms with Gasteiger partial charge in [-0.25, -0.2) is 0 Å². The van der Waals surface area contributed by atoms with Crippen LogP contribution in [0.5, 0.6) is 0 Å². The Morgan fingerprint density at radius 3 is 2.86 bits per heavy atom. The summed E-state index contributed by atoms with van der Waals surface area (Å²) in [6.45, 7) is 5.11. The van der Waals surface area contributed by atoms with E-state index in [2.05, 4.69) is 15.2 Å². The second kappa shape index (κ2) is 4.64. The minimum atomic E-state index is 0.748. The van der Waals surface area contributed by atoms with Gasteiger partial charge < -0.3 is 15.0 Å². The van der Waals surface area contributed by atoms with Gasteiger partial charge >= 0.3 is 0 Å². The summed E-state index contributed by atoms with van der Waals surface area (Å²) in [5.74, 6) is 1.86. The number of piperidine rings is 1. The largest absolute Gasteiger partial charge is 0.384 e. The van der Waals surface area contributed by atoms with Crippen LogP contribution < -0.4 is 5.32 Å². The summed E-state index contributed by atoms with van der Waals surface area (Å²) in [6, 6.07) is 0. The molecule has 0 radical (unpaired) electrons. The lowest BCUT2D eigenvalue weighted by atomic mass is 9.98. The molecule has 1 fully saturated rings. The predicted octanol–water partition coefficient (Wildman–Crippen LogP) is 0.304. The van der Waals surface area contributed by atoms with Crippen molar-refractivity contribution in [3.8, 4) is 0 Å². The zero-order chi connectivity index (χ0) is 9.80. The highest BCUT2D eigenvalue weighted by Gasteiger charge is 2.22. The number of aliphatic imine (C=N–C) groups is 1. The highest BCUT2D eigenvalue weighted by atomic mass is 16.5. The summed E-state index contributed by atoms with van der Waals surface area (Å²) < 4.78 is 5.18. The van der Waals surface area contributed by atoms with Crippen LogP contribution in [0.4, 0.5) is 0 Å². The number of ether oxygens (including phenoxy) is 1. The van der Waals surface area contributed by atoms with E-state index in [9.17, 15) is 0 Å². The van der Waals surface area contributed by atoms with Crippen LogP contribution in [0, 0.1) is 5.92 Å². The van der Waals surface area contributed by atoms with Crippen LogP contribution in [-0.2, 0) is 4.74 Å². The van der Waals surface area contributed by atoms with Crippen molar-refractivity contribution in [1.82, 2.24) is 10.2 Å². The van der Waals surface area contributed by atoms with Crippen molar-refractivity contribution in [2.45, 2.75) is 12.8 Å². The van der Waals surface area contributed by atoms with Crippen molar-refractivity contribution < 1.29 is 4.74 Å². The average molecular weight is 197 g/mol. The van der Waals surface area contributed by atoms with Gasteiger partial charge in [0.2, 0.25) is 0 Å². The minimum absolute atomic E-state index is 0.748. The zero-order valence-electron chi connectivity index (χ0n) is 8.83. The summed E-state index contributed by atoms with van der Waals surface area (Å²) in [5.41, 5.74) is 0. The molecule has 0 aromatic carbocycles. The molecule has 0 spiro atoms. The van der Waals surface area contributed by atoms with Crippen LogP contribution in [0.2, 0.25) is 0 Å². The lowest BCUT2D eigenvalue weighted by molar-refractivity contribution is 0.118. The molecule has 1 saturated heterocycles. The van der Waals surface area contributed by atoms with Gasteiger partial charge in [-0.1, -0.05) is 0 Å². The maximum atomic E-state index is 5.18. The van der Waals surface area contributed by atoms with Gasteiger partial charge in [-0.2, -0.15) is 0 Å². The van der Waals surface area contributed by atoms with Crippen LogP contribution in [0.15, 0.2) is 4.99 Å². The predicted molar refractivity (Wildman–Crippen MR) is 56.5 cm³/mol. The first kappa shape index (κ1) is 9.77. The summed E-state index contributed by atoms with van der Waals surface area (Å²) in [7, 11) is 1.79. The Kier molecular flexibility index (Phi) is 3.24. The minimum Gasteiger partial charge on any atom is -0.384 e. The van der Waals surface area contributed by atoms with Crippen molar-refractivity contribution in [2.75, 3.05) is 39.9 Å². The molecular formula is C10H19N3O. The zero-order valence-corrected chi connectivity index (χ0v) is 8.83. The molecule has 0 atom stereocenters. The van der Waals surface area contributed by atoms with Crippen molar-refractivity contribution in [3.05, 3.63) is 0 Å². The third-order valence-electron chi connectivity index (χ3n) is 2.97.